The molecule has 9 nitrogen and oxygen atoms in total. The highest BCUT2D eigenvalue weighted by atomic mass is 16.5. The van der Waals surface area contributed by atoms with E-state index < -0.39 is 5.97 Å². The van der Waals surface area contributed by atoms with Gasteiger partial charge in [-0.25, -0.2) is 9.48 Å². The number of amides is 1. The molecule has 0 saturated heterocycles. The molecule has 1 aliphatic rings. The summed E-state index contributed by atoms with van der Waals surface area (Å²) in [4.78, 5) is 25.9. The number of β-amino-alcohol motifs (C(OH)–C–C–N with tert-alkyl or cyclic N) is 1. The largest absolute Gasteiger partial charge is 0.466 e. The summed E-state index contributed by atoms with van der Waals surface area (Å²) in [6, 6.07) is 5.36. The monoisotopic (exact) mass is 331 g/mol. The van der Waals surface area contributed by atoms with Crippen LogP contribution < -0.4 is 5.32 Å². The van der Waals surface area contributed by atoms with Crippen molar-refractivity contribution in [3.8, 4) is 0 Å². The number of carbonyl (C=O) groups excluding carboxylic acids is 2. The second-order valence-electron chi connectivity index (χ2n) is 5.31. The van der Waals surface area contributed by atoms with E-state index in [1.54, 1.807) is 29.9 Å². The number of nitrogens with zero attached hydrogens (tertiary/aromatic N) is 4. The maximum atomic E-state index is 12.5. The Morgan fingerprint density at radius 2 is 2.25 bits per heavy atom. The van der Waals surface area contributed by atoms with Gasteiger partial charge in [-0.3, -0.25) is 4.79 Å². The fourth-order valence-electron chi connectivity index (χ4n) is 2.70. The minimum Gasteiger partial charge on any atom is -0.466 e. The van der Waals surface area contributed by atoms with Crippen molar-refractivity contribution in [3.05, 3.63) is 29.5 Å². The molecular formula is C15H17N5O4. The van der Waals surface area contributed by atoms with Crippen LogP contribution in [-0.4, -0.2) is 63.7 Å². The zero-order chi connectivity index (χ0) is 17.3. The van der Waals surface area contributed by atoms with E-state index in [9.17, 15) is 9.59 Å². The molecule has 0 unspecified atom stereocenters. The summed E-state index contributed by atoms with van der Waals surface area (Å²) in [6.45, 7) is 0.0463. The number of anilines is 1. The molecule has 1 aliphatic heterocycles. The Labute approximate surface area is 137 Å². The fourth-order valence-corrected chi connectivity index (χ4v) is 2.70. The number of hydrogen-bond acceptors (Lipinski definition) is 7. The van der Waals surface area contributed by atoms with Gasteiger partial charge in [-0.1, -0.05) is 11.3 Å². The van der Waals surface area contributed by atoms with Gasteiger partial charge >= 0.3 is 5.97 Å². The van der Waals surface area contributed by atoms with Crippen LogP contribution in [0.25, 0.3) is 11.0 Å². The molecule has 0 bridgehead atoms. The molecule has 0 atom stereocenters. The van der Waals surface area contributed by atoms with Crippen molar-refractivity contribution in [3.63, 3.8) is 0 Å². The molecule has 0 fully saturated rings. The van der Waals surface area contributed by atoms with Gasteiger partial charge in [0.25, 0.3) is 5.91 Å². The van der Waals surface area contributed by atoms with Gasteiger partial charge in [0, 0.05) is 13.6 Å². The molecule has 24 heavy (non-hydrogen) atoms. The van der Waals surface area contributed by atoms with Crippen molar-refractivity contribution in [2.45, 2.75) is 0 Å². The summed E-state index contributed by atoms with van der Waals surface area (Å²) in [6.07, 6.45) is 0. The molecule has 0 spiro atoms. The standard InChI is InChI=1S/C15H17N5O4/c1-19-13-10(4-3-5-11(13)17-18-19)16-12-9(15(23)24-2)8-20(6-7-21)14(12)22/h3-5,16,21H,6-8H2,1-2H3. The van der Waals surface area contributed by atoms with Crippen LogP contribution in [-0.2, 0) is 21.4 Å². The summed E-state index contributed by atoms with van der Waals surface area (Å²) in [7, 11) is 3.00. The van der Waals surface area contributed by atoms with Crippen LogP contribution in [0.1, 0.15) is 0 Å². The molecule has 9 heteroatoms. The van der Waals surface area contributed by atoms with Crippen molar-refractivity contribution in [1.29, 1.82) is 0 Å². The third-order valence-corrected chi connectivity index (χ3v) is 3.84. The first-order valence-electron chi connectivity index (χ1n) is 7.33. The van der Waals surface area contributed by atoms with E-state index in [0.29, 0.717) is 16.7 Å². The zero-order valence-electron chi connectivity index (χ0n) is 13.3. The van der Waals surface area contributed by atoms with Crippen LogP contribution >= 0.6 is 0 Å². The Morgan fingerprint density at radius 3 is 2.96 bits per heavy atom. The maximum absolute atomic E-state index is 12.5. The number of para-hydroxylation sites is 1. The highest BCUT2D eigenvalue weighted by molar-refractivity contribution is 6.09. The Kier molecular flexibility index (Phi) is 4.17. The summed E-state index contributed by atoms with van der Waals surface area (Å²) in [5.74, 6) is -0.946. The number of benzene rings is 1. The number of nitrogens with one attached hydrogen (secondary N) is 1. The highest BCUT2D eigenvalue weighted by Crippen LogP contribution is 2.26. The van der Waals surface area contributed by atoms with E-state index in [2.05, 4.69) is 15.6 Å². The van der Waals surface area contributed by atoms with Gasteiger partial charge in [-0.15, -0.1) is 5.10 Å². The molecule has 1 amide bonds. The van der Waals surface area contributed by atoms with Crippen LogP contribution in [0.2, 0.25) is 0 Å². The number of rotatable bonds is 5. The van der Waals surface area contributed by atoms with E-state index in [1.165, 1.54) is 12.0 Å². The molecular weight excluding hydrogens is 314 g/mol. The van der Waals surface area contributed by atoms with E-state index >= 15 is 0 Å². The minimum absolute atomic E-state index is 0.0913. The average Bonchev–Trinajstić information content (AvgIpc) is 3.11. The number of methoxy groups -OCH3 is 1. The molecule has 0 saturated carbocycles. The Morgan fingerprint density at radius 1 is 1.46 bits per heavy atom. The third-order valence-electron chi connectivity index (χ3n) is 3.84. The number of aryl methyl sites for hydroxylation is 1. The number of ether oxygens (including phenoxy) is 1. The topological polar surface area (TPSA) is 110 Å². The molecule has 1 aromatic carbocycles. The SMILES string of the molecule is COC(=O)C1=C(Nc2cccc3nnn(C)c23)C(=O)N(CCO)C1. The predicted octanol–water partition coefficient (Wildman–Crippen LogP) is -0.358. The highest BCUT2D eigenvalue weighted by Gasteiger charge is 2.34. The number of carbonyl (C=O) groups is 2. The zero-order valence-corrected chi connectivity index (χ0v) is 13.3. The fraction of sp³-hybridized carbons (Fsp3) is 0.333. The number of aromatic nitrogens is 3. The first-order valence-corrected chi connectivity index (χ1v) is 7.33. The van der Waals surface area contributed by atoms with Crippen LogP contribution in [0.3, 0.4) is 0 Å². The second kappa shape index (κ2) is 6.28. The van der Waals surface area contributed by atoms with Crippen LogP contribution in [0.4, 0.5) is 5.69 Å². The summed E-state index contributed by atoms with van der Waals surface area (Å²) in [5.41, 5.74) is 2.35. The predicted molar refractivity (Wildman–Crippen MR) is 84.8 cm³/mol. The van der Waals surface area contributed by atoms with E-state index in [-0.39, 0.29) is 36.9 Å². The van der Waals surface area contributed by atoms with E-state index in [4.69, 9.17) is 9.84 Å². The van der Waals surface area contributed by atoms with Crippen LogP contribution in [0, 0.1) is 0 Å². The Bertz CT molecular complexity index is 842. The van der Waals surface area contributed by atoms with E-state index in [0.717, 1.165) is 0 Å². The Hall–Kier alpha value is -2.94. The molecule has 2 heterocycles. The molecule has 2 aromatic rings. The van der Waals surface area contributed by atoms with Gasteiger partial charge in [-0.2, -0.15) is 0 Å². The Balaban J connectivity index is 2.02. The lowest BCUT2D eigenvalue weighted by atomic mass is 10.2. The van der Waals surface area contributed by atoms with Crippen molar-refractivity contribution in [1.82, 2.24) is 19.9 Å². The molecule has 2 N–H and O–H groups in total. The number of fused-ring (bicyclic) bond motifs is 1. The van der Waals surface area contributed by atoms with Gasteiger partial charge in [0.15, 0.2) is 0 Å². The van der Waals surface area contributed by atoms with Crippen molar-refractivity contribution >= 4 is 28.6 Å². The summed E-state index contributed by atoms with van der Waals surface area (Å²) < 4.78 is 6.35. The van der Waals surface area contributed by atoms with Crippen molar-refractivity contribution < 1.29 is 19.4 Å². The smallest absolute Gasteiger partial charge is 0.337 e. The van der Waals surface area contributed by atoms with Crippen LogP contribution in [0.15, 0.2) is 29.5 Å². The average molecular weight is 331 g/mol. The lowest BCUT2D eigenvalue weighted by Gasteiger charge is -2.15. The van der Waals surface area contributed by atoms with Gasteiger partial charge in [0.1, 0.15) is 16.7 Å². The quantitative estimate of drug-likeness (QED) is 0.720. The van der Waals surface area contributed by atoms with Gasteiger partial charge < -0.3 is 20.1 Å². The molecule has 0 aliphatic carbocycles. The normalized spacial score (nSPS) is 14.6. The summed E-state index contributed by atoms with van der Waals surface area (Å²) >= 11 is 0. The van der Waals surface area contributed by atoms with Crippen LogP contribution in [0.5, 0.6) is 0 Å². The third kappa shape index (κ3) is 2.58. The molecule has 3 rings (SSSR count). The second-order valence-corrected chi connectivity index (χ2v) is 5.31. The van der Waals surface area contributed by atoms with Crippen molar-refractivity contribution in [2.75, 3.05) is 32.1 Å². The van der Waals surface area contributed by atoms with Gasteiger partial charge in [0.2, 0.25) is 0 Å². The maximum Gasteiger partial charge on any atom is 0.337 e. The molecule has 0 radical (unpaired) electrons. The number of esters is 1. The molecule has 1 aromatic heterocycles. The van der Waals surface area contributed by atoms with Crippen molar-refractivity contribution in [2.24, 2.45) is 7.05 Å². The number of aliphatic hydroxyl groups is 1. The first-order chi connectivity index (χ1) is 11.6. The van der Waals surface area contributed by atoms with Gasteiger partial charge in [-0.05, 0) is 12.1 Å². The van der Waals surface area contributed by atoms with Gasteiger partial charge in [0.05, 0.1) is 31.5 Å². The van der Waals surface area contributed by atoms with E-state index in [1.807, 2.05) is 0 Å². The summed E-state index contributed by atoms with van der Waals surface area (Å²) in [5, 5.41) is 20.1. The lowest BCUT2D eigenvalue weighted by molar-refractivity contribution is -0.136. The first kappa shape index (κ1) is 15.9. The lowest BCUT2D eigenvalue weighted by Crippen LogP contribution is -2.31. The number of hydrogen-bond donors (Lipinski definition) is 2. The molecule has 126 valence electrons. The number of aliphatic hydroxyl groups excluding tert-OH is 1. The minimum atomic E-state index is -0.582.